The number of carbonyl (C=O) groups is 1. The molecular formula is C13H17FO3. The Labute approximate surface area is 100 Å². The van der Waals surface area contributed by atoms with Crippen LogP contribution < -0.4 is 0 Å². The Morgan fingerprint density at radius 1 is 1.53 bits per heavy atom. The Balaban J connectivity index is 2.88. The molecule has 4 heteroatoms. The first kappa shape index (κ1) is 13.6. The van der Waals surface area contributed by atoms with Crippen molar-refractivity contribution in [2.45, 2.75) is 32.8 Å². The van der Waals surface area contributed by atoms with Crippen molar-refractivity contribution in [3.8, 4) is 0 Å². The number of rotatable bonds is 4. The third-order valence-corrected chi connectivity index (χ3v) is 2.59. The number of carbonyl (C=O) groups excluding carboxylic acids is 1. The number of ether oxygens (including phenoxy) is 1. The number of halogens is 1. The highest BCUT2D eigenvalue weighted by Gasteiger charge is 2.28. The second kappa shape index (κ2) is 5.27. The van der Waals surface area contributed by atoms with Gasteiger partial charge in [-0.3, -0.25) is 4.79 Å². The average Bonchev–Trinajstić information content (AvgIpc) is 2.21. The lowest BCUT2D eigenvalue weighted by Crippen LogP contribution is -2.26. The van der Waals surface area contributed by atoms with Crippen LogP contribution in [0.15, 0.2) is 18.2 Å². The first-order valence-corrected chi connectivity index (χ1v) is 5.51. The fraction of sp³-hybridized carbons (Fsp3) is 0.462. The Bertz CT molecular complexity index is 413. The summed E-state index contributed by atoms with van der Waals surface area (Å²) in [6.07, 6.45) is -0.191. The van der Waals surface area contributed by atoms with Gasteiger partial charge in [0.05, 0.1) is 18.6 Å². The molecule has 0 radical (unpaired) electrons. The zero-order valence-corrected chi connectivity index (χ0v) is 10.3. The van der Waals surface area contributed by atoms with Gasteiger partial charge in [0.15, 0.2) is 0 Å². The number of hydrogen-bond acceptors (Lipinski definition) is 3. The molecule has 0 heterocycles. The second-order valence-electron chi connectivity index (χ2n) is 4.22. The molecule has 0 spiro atoms. The lowest BCUT2D eigenvalue weighted by atomic mass is 9.92. The van der Waals surface area contributed by atoms with Crippen molar-refractivity contribution >= 4 is 5.97 Å². The molecule has 1 unspecified atom stereocenters. The Hall–Kier alpha value is -1.42. The Morgan fingerprint density at radius 3 is 2.71 bits per heavy atom. The standard InChI is InChI=1S/C13H17FO3/c1-4-17-12(15)8-13(3,16)10-6-5-9(2)11(14)7-10/h5-7,16H,4,8H2,1-3H3. The number of benzene rings is 1. The highest BCUT2D eigenvalue weighted by molar-refractivity contribution is 5.71. The normalized spacial score (nSPS) is 14.2. The highest BCUT2D eigenvalue weighted by atomic mass is 19.1. The molecule has 3 nitrogen and oxygen atoms in total. The molecule has 1 aromatic rings. The largest absolute Gasteiger partial charge is 0.466 e. The van der Waals surface area contributed by atoms with E-state index in [-0.39, 0.29) is 13.0 Å². The zero-order chi connectivity index (χ0) is 13.1. The van der Waals surface area contributed by atoms with Crippen molar-refractivity contribution in [1.82, 2.24) is 0 Å². The van der Waals surface area contributed by atoms with Gasteiger partial charge in [0.25, 0.3) is 0 Å². The van der Waals surface area contributed by atoms with Crippen LogP contribution in [0.5, 0.6) is 0 Å². The number of esters is 1. The van der Waals surface area contributed by atoms with Gasteiger partial charge >= 0.3 is 5.97 Å². The van der Waals surface area contributed by atoms with Gasteiger partial charge in [0.1, 0.15) is 5.82 Å². The molecule has 0 aliphatic carbocycles. The summed E-state index contributed by atoms with van der Waals surface area (Å²) in [5, 5.41) is 10.1. The van der Waals surface area contributed by atoms with E-state index in [1.54, 1.807) is 26.0 Å². The van der Waals surface area contributed by atoms with E-state index in [9.17, 15) is 14.3 Å². The summed E-state index contributed by atoms with van der Waals surface area (Å²) >= 11 is 0. The maximum atomic E-state index is 13.4. The van der Waals surface area contributed by atoms with Crippen LogP contribution in [0.4, 0.5) is 4.39 Å². The van der Waals surface area contributed by atoms with Crippen molar-refractivity contribution in [3.05, 3.63) is 35.1 Å². The van der Waals surface area contributed by atoms with E-state index < -0.39 is 17.4 Å². The smallest absolute Gasteiger partial charge is 0.309 e. The summed E-state index contributed by atoms with van der Waals surface area (Å²) in [4.78, 5) is 11.3. The maximum Gasteiger partial charge on any atom is 0.309 e. The fourth-order valence-electron chi connectivity index (χ4n) is 1.52. The minimum absolute atomic E-state index is 0.191. The summed E-state index contributed by atoms with van der Waals surface area (Å²) < 4.78 is 18.1. The van der Waals surface area contributed by atoms with E-state index in [1.807, 2.05) is 0 Å². The van der Waals surface area contributed by atoms with Gasteiger partial charge in [-0.15, -0.1) is 0 Å². The van der Waals surface area contributed by atoms with Gasteiger partial charge in [-0.05, 0) is 38.0 Å². The third kappa shape index (κ3) is 3.53. The minimum Gasteiger partial charge on any atom is -0.466 e. The third-order valence-electron chi connectivity index (χ3n) is 2.59. The second-order valence-corrected chi connectivity index (χ2v) is 4.22. The molecule has 1 N–H and O–H groups in total. The molecule has 0 fully saturated rings. The maximum absolute atomic E-state index is 13.4. The van der Waals surface area contributed by atoms with Gasteiger partial charge in [0, 0.05) is 0 Å². The van der Waals surface area contributed by atoms with Crippen LogP contribution in [0, 0.1) is 12.7 Å². The molecule has 0 aliphatic rings. The number of hydrogen-bond donors (Lipinski definition) is 1. The summed E-state index contributed by atoms with van der Waals surface area (Å²) in [6, 6.07) is 4.43. The van der Waals surface area contributed by atoms with E-state index in [0.29, 0.717) is 11.1 Å². The van der Waals surface area contributed by atoms with E-state index in [1.165, 1.54) is 13.0 Å². The van der Waals surface area contributed by atoms with Crippen LogP contribution in [0.25, 0.3) is 0 Å². The number of aliphatic hydroxyl groups is 1. The molecule has 0 saturated carbocycles. The molecule has 0 amide bonds. The molecule has 0 aliphatic heterocycles. The van der Waals surface area contributed by atoms with Gasteiger partial charge in [-0.2, -0.15) is 0 Å². The van der Waals surface area contributed by atoms with E-state index in [4.69, 9.17) is 4.74 Å². The predicted octanol–water partition coefficient (Wildman–Crippen LogP) is 2.29. The van der Waals surface area contributed by atoms with Crippen LogP contribution in [0.1, 0.15) is 31.4 Å². The number of aryl methyl sites for hydroxylation is 1. The van der Waals surface area contributed by atoms with Crippen LogP contribution in [0.2, 0.25) is 0 Å². The van der Waals surface area contributed by atoms with Crippen LogP contribution >= 0.6 is 0 Å². The first-order chi connectivity index (χ1) is 7.86. The average molecular weight is 240 g/mol. The predicted molar refractivity (Wildman–Crippen MR) is 62.0 cm³/mol. The van der Waals surface area contributed by atoms with Gasteiger partial charge < -0.3 is 9.84 Å². The Morgan fingerprint density at radius 2 is 2.18 bits per heavy atom. The van der Waals surface area contributed by atoms with Crippen molar-refractivity contribution in [3.63, 3.8) is 0 Å². The van der Waals surface area contributed by atoms with Crippen LogP contribution in [-0.4, -0.2) is 17.7 Å². The quantitative estimate of drug-likeness (QED) is 0.821. The van der Waals surface area contributed by atoms with E-state index in [2.05, 4.69) is 0 Å². The summed E-state index contributed by atoms with van der Waals surface area (Å²) in [7, 11) is 0. The minimum atomic E-state index is -1.42. The summed E-state index contributed by atoms with van der Waals surface area (Å²) in [5.41, 5.74) is -0.546. The van der Waals surface area contributed by atoms with E-state index >= 15 is 0 Å². The lowest BCUT2D eigenvalue weighted by molar-refractivity contribution is -0.148. The molecule has 0 aromatic heterocycles. The molecule has 1 rings (SSSR count). The fourth-order valence-corrected chi connectivity index (χ4v) is 1.52. The summed E-state index contributed by atoms with van der Waals surface area (Å²) in [6.45, 7) is 5.06. The van der Waals surface area contributed by atoms with E-state index in [0.717, 1.165) is 0 Å². The lowest BCUT2D eigenvalue weighted by Gasteiger charge is -2.23. The molecular weight excluding hydrogens is 223 g/mol. The monoisotopic (exact) mass is 240 g/mol. The molecule has 0 saturated heterocycles. The topological polar surface area (TPSA) is 46.5 Å². The van der Waals surface area contributed by atoms with Crippen molar-refractivity contribution in [2.75, 3.05) is 6.61 Å². The first-order valence-electron chi connectivity index (χ1n) is 5.51. The van der Waals surface area contributed by atoms with Crippen LogP contribution in [0.3, 0.4) is 0 Å². The van der Waals surface area contributed by atoms with Crippen molar-refractivity contribution in [2.24, 2.45) is 0 Å². The van der Waals surface area contributed by atoms with Gasteiger partial charge in [0.2, 0.25) is 0 Å². The zero-order valence-electron chi connectivity index (χ0n) is 10.3. The molecule has 1 aromatic carbocycles. The molecule has 17 heavy (non-hydrogen) atoms. The van der Waals surface area contributed by atoms with Crippen molar-refractivity contribution < 1.29 is 19.0 Å². The molecule has 0 bridgehead atoms. The Kier molecular flexibility index (Phi) is 4.23. The summed E-state index contributed by atoms with van der Waals surface area (Å²) in [5.74, 6) is -0.898. The van der Waals surface area contributed by atoms with Gasteiger partial charge in [-0.25, -0.2) is 4.39 Å². The molecule has 1 atom stereocenters. The van der Waals surface area contributed by atoms with Crippen LogP contribution in [-0.2, 0) is 15.1 Å². The van der Waals surface area contributed by atoms with Gasteiger partial charge in [-0.1, -0.05) is 12.1 Å². The van der Waals surface area contributed by atoms with Crippen molar-refractivity contribution in [1.29, 1.82) is 0 Å². The SMILES string of the molecule is CCOC(=O)CC(C)(O)c1ccc(C)c(F)c1. The molecule has 94 valence electrons. The highest BCUT2D eigenvalue weighted by Crippen LogP contribution is 2.26.